The van der Waals surface area contributed by atoms with Crippen LogP contribution in [0.15, 0.2) is 17.1 Å². The number of nitrogens with zero attached hydrogens (tertiary/aromatic N) is 2. The Morgan fingerprint density at radius 3 is 3.17 bits per heavy atom. The van der Waals surface area contributed by atoms with Crippen LogP contribution >= 0.6 is 11.6 Å². The lowest BCUT2D eigenvalue weighted by atomic mass is 10.5. The molecule has 0 aliphatic heterocycles. The second-order valence-electron chi connectivity index (χ2n) is 2.52. The number of aromatic amines is 1. The molecule has 2 aromatic heterocycles. The molecule has 0 aliphatic rings. The number of fused-ring (bicyclic) bond motifs is 1. The van der Waals surface area contributed by atoms with Gasteiger partial charge in [-0.05, 0) is 17.7 Å². The van der Waals surface area contributed by atoms with Gasteiger partial charge in [0.15, 0.2) is 0 Å². The fourth-order valence-electron chi connectivity index (χ4n) is 1.17. The largest absolute Gasteiger partial charge is 0.345 e. The first kappa shape index (κ1) is 7.36. The molecular formula is C7H6ClN3O. The molecule has 4 nitrogen and oxygen atoms in total. The maximum Gasteiger partial charge on any atom is 0.276 e. The molecule has 2 rings (SSSR count). The predicted molar refractivity (Wildman–Crippen MR) is 46.3 cm³/mol. The summed E-state index contributed by atoms with van der Waals surface area (Å²) in [5, 5.41) is 0.124. The summed E-state index contributed by atoms with van der Waals surface area (Å²) in [5.74, 6) is 0. The fraction of sp³-hybridized carbons (Fsp3) is 0.143. The van der Waals surface area contributed by atoms with E-state index in [1.54, 1.807) is 23.9 Å². The van der Waals surface area contributed by atoms with Crippen molar-refractivity contribution in [1.29, 1.82) is 0 Å². The SMILES string of the molecule is Cn1ccc2nc(Cl)[nH]c(=O)c21. The Morgan fingerprint density at radius 1 is 1.67 bits per heavy atom. The molecule has 12 heavy (non-hydrogen) atoms. The maximum absolute atomic E-state index is 11.3. The summed E-state index contributed by atoms with van der Waals surface area (Å²) in [4.78, 5) is 17.6. The first-order chi connectivity index (χ1) is 5.68. The van der Waals surface area contributed by atoms with Crippen LogP contribution in [0.25, 0.3) is 11.0 Å². The number of hydrogen-bond donors (Lipinski definition) is 1. The topological polar surface area (TPSA) is 50.7 Å². The number of nitrogens with one attached hydrogen (secondary N) is 1. The van der Waals surface area contributed by atoms with E-state index in [4.69, 9.17) is 11.6 Å². The Kier molecular flexibility index (Phi) is 1.44. The van der Waals surface area contributed by atoms with Gasteiger partial charge in [-0.1, -0.05) is 0 Å². The highest BCUT2D eigenvalue weighted by atomic mass is 35.5. The predicted octanol–water partition coefficient (Wildman–Crippen LogP) is 0.915. The normalized spacial score (nSPS) is 10.8. The molecule has 0 saturated carbocycles. The zero-order valence-corrected chi connectivity index (χ0v) is 7.09. The molecule has 0 bridgehead atoms. The molecule has 0 amide bonds. The summed E-state index contributed by atoms with van der Waals surface area (Å²) >= 11 is 5.56. The molecular weight excluding hydrogens is 178 g/mol. The summed E-state index contributed by atoms with van der Waals surface area (Å²) in [7, 11) is 1.78. The van der Waals surface area contributed by atoms with Crippen LogP contribution in [0.3, 0.4) is 0 Å². The van der Waals surface area contributed by atoms with E-state index < -0.39 is 0 Å². The first-order valence-corrected chi connectivity index (χ1v) is 3.77. The van der Waals surface area contributed by atoms with Crippen molar-refractivity contribution < 1.29 is 0 Å². The molecule has 62 valence electrons. The van der Waals surface area contributed by atoms with E-state index in [0.717, 1.165) is 0 Å². The van der Waals surface area contributed by atoms with E-state index >= 15 is 0 Å². The van der Waals surface area contributed by atoms with Gasteiger partial charge in [-0.3, -0.25) is 9.78 Å². The van der Waals surface area contributed by atoms with Gasteiger partial charge in [0.1, 0.15) is 5.52 Å². The van der Waals surface area contributed by atoms with Gasteiger partial charge in [0.25, 0.3) is 5.56 Å². The van der Waals surface area contributed by atoms with Gasteiger partial charge in [0.05, 0.1) is 5.52 Å². The summed E-state index contributed by atoms with van der Waals surface area (Å²) in [5.41, 5.74) is 0.947. The van der Waals surface area contributed by atoms with Crippen LogP contribution in [-0.2, 0) is 7.05 Å². The minimum Gasteiger partial charge on any atom is -0.345 e. The quantitative estimate of drug-likeness (QED) is 0.618. The van der Waals surface area contributed by atoms with Crippen molar-refractivity contribution in [1.82, 2.24) is 14.5 Å². The van der Waals surface area contributed by atoms with Gasteiger partial charge < -0.3 is 4.57 Å². The highest BCUT2D eigenvalue weighted by Gasteiger charge is 2.04. The summed E-state index contributed by atoms with van der Waals surface area (Å²) < 4.78 is 1.71. The third-order valence-corrected chi connectivity index (χ3v) is 1.88. The average Bonchev–Trinajstić information content (AvgIpc) is 2.31. The van der Waals surface area contributed by atoms with Crippen LogP contribution in [0.1, 0.15) is 0 Å². The van der Waals surface area contributed by atoms with Crippen molar-refractivity contribution in [3.05, 3.63) is 27.9 Å². The molecule has 0 aliphatic carbocycles. The Hall–Kier alpha value is -1.29. The van der Waals surface area contributed by atoms with Crippen LogP contribution in [-0.4, -0.2) is 14.5 Å². The van der Waals surface area contributed by atoms with Crippen LogP contribution in [0, 0.1) is 0 Å². The minimum absolute atomic E-state index is 0.124. The molecule has 1 N–H and O–H groups in total. The van der Waals surface area contributed by atoms with Crippen molar-refractivity contribution in [2.45, 2.75) is 0 Å². The van der Waals surface area contributed by atoms with E-state index in [1.165, 1.54) is 0 Å². The maximum atomic E-state index is 11.3. The number of halogens is 1. The van der Waals surface area contributed by atoms with E-state index in [9.17, 15) is 4.79 Å². The molecule has 0 aromatic carbocycles. The monoisotopic (exact) mass is 183 g/mol. The van der Waals surface area contributed by atoms with Crippen molar-refractivity contribution >= 4 is 22.6 Å². The molecule has 0 fully saturated rings. The number of rotatable bonds is 0. The minimum atomic E-state index is -0.211. The van der Waals surface area contributed by atoms with Gasteiger partial charge in [0, 0.05) is 13.2 Å². The standard InChI is InChI=1S/C7H6ClN3O/c1-11-3-2-4-5(11)6(12)10-7(8)9-4/h2-3H,1H3,(H,9,10,12). The van der Waals surface area contributed by atoms with Crippen LogP contribution in [0.4, 0.5) is 0 Å². The fourth-order valence-corrected chi connectivity index (χ4v) is 1.35. The van der Waals surface area contributed by atoms with Gasteiger partial charge in [-0.25, -0.2) is 4.98 Å². The second kappa shape index (κ2) is 2.35. The summed E-state index contributed by atoms with van der Waals surface area (Å²) in [6, 6.07) is 1.75. The molecule has 0 saturated heterocycles. The molecule has 0 radical (unpaired) electrons. The van der Waals surface area contributed by atoms with Crippen molar-refractivity contribution in [2.24, 2.45) is 7.05 Å². The van der Waals surface area contributed by atoms with Gasteiger partial charge in [-0.2, -0.15) is 0 Å². The van der Waals surface area contributed by atoms with Gasteiger partial charge in [0.2, 0.25) is 5.28 Å². The molecule has 2 aromatic rings. The average molecular weight is 184 g/mol. The Morgan fingerprint density at radius 2 is 2.42 bits per heavy atom. The van der Waals surface area contributed by atoms with Crippen LogP contribution in [0.5, 0.6) is 0 Å². The molecule has 0 atom stereocenters. The lowest BCUT2D eigenvalue weighted by molar-refractivity contribution is 0.954. The van der Waals surface area contributed by atoms with Crippen molar-refractivity contribution in [3.63, 3.8) is 0 Å². The number of aryl methyl sites for hydroxylation is 1. The molecule has 2 heterocycles. The third-order valence-electron chi connectivity index (χ3n) is 1.70. The number of H-pyrrole nitrogens is 1. The second-order valence-corrected chi connectivity index (χ2v) is 2.88. The van der Waals surface area contributed by atoms with E-state index in [2.05, 4.69) is 9.97 Å². The van der Waals surface area contributed by atoms with Crippen LogP contribution in [0.2, 0.25) is 5.28 Å². The lowest BCUT2D eigenvalue weighted by Gasteiger charge is -1.93. The van der Waals surface area contributed by atoms with Crippen molar-refractivity contribution in [3.8, 4) is 0 Å². The molecule has 0 unspecified atom stereocenters. The summed E-state index contributed by atoms with van der Waals surface area (Å²) in [6.07, 6.45) is 1.77. The molecule has 0 spiro atoms. The smallest absolute Gasteiger partial charge is 0.276 e. The molecule has 5 heteroatoms. The van der Waals surface area contributed by atoms with Gasteiger partial charge >= 0.3 is 0 Å². The highest BCUT2D eigenvalue weighted by Crippen LogP contribution is 2.08. The van der Waals surface area contributed by atoms with Gasteiger partial charge in [-0.15, -0.1) is 0 Å². The van der Waals surface area contributed by atoms with Crippen LogP contribution < -0.4 is 5.56 Å². The Balaban J connectivity index is 3.03. The first-order valence-electron chi connectivity index (χ1n) is 3.39. The Bertz CT molecular complexity index is 485. The van der Waals surface area contributed by atoms with Crippen molar-refractivity contribution in [2.75, 3.05) is 0 Å². The highest BCUT2D eigenvalue weighted by molar-refractivity contribution is 6.28. The van der Waals surface area contributed by atoms with E-state index in [-0.39, 0.29) is 10.8 Å². The zero-order chi connectivity index (χ0) is 8.72. The third kappa shape index (κ3) is 0.921. The van der Waals surface area contributed by atoms with E-state index in [0.29, 0.717) is 11.0 Å². The number of aromatic nitrogens is 3. The summed E-state index contributed by atoms with van der Waals surface area (Å²) in [6.45, 7) is 0. The lowest BCUT2D eigenvalue weighted by Crippen LogP contribution is -2.10. The van der Waals surface area contributed by atoms with E-state index in [1.807, 2.05) is 0 Å². The number of hydrogen-bond acceptors (Lipinski definition) is 2. The zero-order valence-electron chi connectivity index (χ0n) is 6.34. The Labute approximate surface area is 72.8 Å².